The molecule has 104 valence electrons. The van der Waals surface area contributed by atoms with E-state index in [4.69, 9.17) is 4.74 Å². The molecule has 4 heteroatoms. The fourth-order valence-corrected chi connectivity index (χ4v) is 3.17. The number of para-hydroxylation sites is 2. The van der Waals surface area contributed by atoms with Gasteiger partial charge in [-0.15, -0.1) is 0 Å². The van der Waals surface area contributed by atoms with Gasteiger partial charge in [0.2, 0.25) is 5.60 Å². The molecule has 1 aromatic heterocycles. The first-order chi connectivity index (χ1) is 10.3. The number of amides is 1. The molecular weight excluding hydrogens is 264 g/mol. The van der Waals surface area contributed by atoms with Gasteiger partial charge in [-0.2, -0.15) is 0 Å². The van der Waals surface area contributed by atoms with Crippen LogP contribution in [0.2, 0.25) is 0 Å². The number of hydrogen-bond donors (Lipinski definition) is 2. The molecule has 2 heterocycles. The van der Waals surface area contributed by atoms with E-state index in [1.54, 1.807) is 7.11 Å². The Labute approximate surface area is 121 Å². The maximum absolute atomic E-state index is 12.7. The quantitative estimate of drug-likeness (QED) is 0.757. The van der Waals surface area contributed by atoms with Gasteiger partial charge in [-0.1, -0.05) is 36.4 Å². The number of carbonyl (C=O) groups is 1. The number of ether oxygens (including phenoxy) is 1. The molecule has 0 aliphatic carbocycles. The summed E-state index contributed by atoms with van der Waals surface area (Å²) in [6, 6.07) is 15.5. The summed E-state index contributed by atoms with van der Waals surface area (Å²) in [7, 11) is 1.57. The molecule has 21 heavy (non-hydrogen) atoms. The van der Waals surface area contributed by atoms with Crippen LogP contribution in [0.25, 0.3) is 10.9 Å². The molecule has 0 unspecified atom stereocenters. The third-order valence-corrected chi connectivity index (χ3v) is 4.15. The van der Waals surface area contributed by atoms with Crippen molar-refractivity contribution in [2.75, 3.05) is 12.4 Å². The van der Waals surface area contributed by atoms with Crippen LogP contribution in [-0.4, -0.2) is 18.0 Å². The lowest BCUT2D eigenvalue weighted by Crippen LogP contribution is -2.37. The van der Waals surface area contributed by atoms with Gasteiger partial charge in [0.25, 0.3) is 5.91 Å². The molecule has 3 aromatic rings. The number of aromatic nitrogens is 1. The minimum Gasteiger partial charge on any atom is -0.361 e. The molecule has 0 saturated heterocycles. The van der Waals surface area contributed by atoms with Crippen LogP contribution in [0.5, 0.6) is 0 Å². The normalized spacial score (nSPS) is 20.5. The fraction of sp³-hybridized carbons (Fsp3) is 0.118. The van der Waals surface area contributed by atoms with Crippen LogP contribution >= 0.6 is 0 Å². The largest absolute Gasteiger partial charge is 0.361 e. The Kier molecular flexibility index (Phi) is 2.43. The van der Waals surface area contributed by atoms with Gasteiger partial charge >= 0.3 is 0 Å². The van der Waals surface area contributed by atoms with Crippen LogP contribution in [0.1, 0.15) is 11.1 Å². The Balaban J connectivity index is 2.06. The Morgan fingerprint density at radius 3 is 2.62 bits per heavy atom. The highest BCUT2D eigenvalue weighted by Crippen LogP contribution is 2.45. The molecule has 0 spiro atoms. The topological polar surface area (TPSA) is 54.1 Å². The molecule has 1 amide bonds. The SMILES string of the molecule is CO[C@@]1(c2c[nH]c3ccccc23)C(=O)Nc2ccccc21. The van der Waals surface area contributed by atoms with Crippen LogP contribution in [0.4, 0.5) is 5.69 Å². The van der Waals surface area contributed by atoms with Gasteiger partial charge < -0.3 is 15.0 Å². The Bertz CT molecular complexity index is 853. The van der Waals surface area contributed by atoms with Crippen molar-refractivity contribution in [3.63, 3.8) is 0 Å². The minimum atomic E-state index is -1.10. The maximum atomic E-state index is 12.7. The lowest BCUT2D eigenvalue weighted by Gasteiger charge is -2.25. The van der Waals surface area contributed by atoms with E-state index in [1.165, 1.54) is 0 Å². The lowest BCUT2D eigenvalue weighted by molar-refractivity contribution is -0.132. The standard InChI is InChI=1S/C17H14N2O2/c1-21-17(12-7-3-5-9-15(12)19-16(17)20)13-10-18-14-8-4-2-6-11(13)14/h2-10,18H,1H3,(H,19,20)/t17-/m0/s1. The summed E-state index contributed by atoms with van der Waals surface area (Å²) < 4.78 is 5.76. The molecule has 1 aliphatic heterocycles. The molecule has 0 bridgehead atoms. The first-order valence-corrected chi connectivity index (χ1v) is 6.80. The van der Waals surface area contributed by atoms with Crippen molar-refractivity contribution >= 4 is 22.5 Å². The highest BCUT2D eigenvalue weighted by atomic mass is 16.5. The third-order valence-electron chi connectivity index (χ3n) is 4.15. The van der Waals surface area contributed by atoms with Crippen LogP contribution in [0, 0.1) is 0 Å². The van der Waals surface area contributed by atoms with Crippen molar-refractivity contribution in [2.24, 2.45) is 0 Å². The van der Waals surface area contributed by atoms with Crippen molar-refractivity contribution in [3.8, 4) is 0 Å². The molecular formula is C17H14N2O2. The summed E-state index contributed by atoms with van der Waals surface area (Å²) in [4.78, 5) is 15.9. The van der Waals surface area contributed by atoms with Gasteiger partial charge in [0.1, 0.15) is 0 Å². The summed E-state index contributed by atoms with van der Waals surface area (Å²) >= 11 is 0. The monoisotopic (exact) mass is 278 g/mol. The van der Waals surface area contributed by atoms with E-state index >= 15 is 0 Å². The molecule has 1 atom stereocenters. The zero-order chi connectivity index (χ0) is 14.4. The summed E-state index contributed by atoms with van der Waals surface area (Å²) in [5, 5.41) is 3.91. The first-order valence-electron chi connectivity index (χ1n) is 6.80. The predicted molar refractivity (Wildman–Crippen MR) is 81.2 cm³/mol. The van der Waals surface area contributed by atoms with E-state index in [2.05, 4.69) is 10.3 Å². The molecule has 4 rings (SSSR count). The van der Waals surface area contributed by atoms with Crippen molar-refractivity contribution in [1.29, 1.82) is 0 Å². The highest BCUT2D eigenvalue weighted by Gasteiger charge is 2.50. The first kappa shape index (κ1) is 12.2. The van der Waals surface area contributed by atoms with E-state index in [-0.39, 0.29) is 5.91 Å². The second kappa shape index (κ2) is 4.20. The van der Waals surface area contributed by atoms with Gasteiger partial charge in [-0.3, -0.25) is 4.79 Å². The molecule has 0 saturated carbocycles. The van der Waals surface area contributed by atoms with Crippen molar-refractivity contribution < 1.29 is 9.53 Å². The number of benzene rings is 2. The van der Waals surface area contributed by atoms with Crippen LogP contribution in [0.3, 0.4) is 0 Å². The van der Waals surface area contributed by atoms with Crippen molar-refractivity contribution in [1.82, 2.24) is 4.98 Å². The lowest BCUT2D eigenvalue weighted by atomic mass is 9.87. The highest BCUT2D eigenvalue weighted by molar-refractivity contribution is 6.09. The number of anilines is 1. The maximum Gasteiger partial charge on any atom is 0.266 e. The van der Waals surface area contributed by atoms with Gasteiger partial charge in [0.15, 0.2) is 0 Å². The number of H-pyrrole nitrogens is 1. The zero-order valence-corrected chi connectivity index (χ0v) is 11.5. The molecule has 0 radical (unpaired) electrons. The number of carbonyl (C=O) groups excluding carboxylic acids is 1. The zero-order valence-electron chi connectivity index (χ0n) is 11.5. The second-order valence-electron chi connectivity index (χ2n) is 5.13. The van der Waals surface area contributed by atoms with E-state index < -0.39 is 5.60 Å². The number of hydrogen-bond acceptors (Lipinski definition) is 2. The number of nitrogens with one attached hydrogen (secondary N) is 2. The second-order valence-corrected chi connectivity index (χ2v) is 5.13. The molecule has 0 fully saturated rings. The van der Waals surface area contributed by atoms with E-state index in [9.17, 15) is 4.79 Å². The van der Waals surface area contributed by atoms with Gasteiger partial charge in [0, 0.05) is 41.0 Å². The summed E-state index contributed by atoms with van der Waals surface area (Å²) in [6.45, 7) is 0. The summed E-state index contributed by atoms with van der Waals surface area (Å²) in [5.41, 5.74) is 2.37. The van der Waals surface area contributed by atoms with E-state index in [1.807, 2.05) is 54.7 Å². The van der Waals surface area contributed by atoms with Gasteiger partial charge in [0.05, 0.1) is 0 Å². The summed E-state index contributed by atoms with van der Waals surface area (Å²) in [6.07, 6.45) is 1.86. The van der Waals surface area contributed by atoms with E-state index in [0.29, 0.717) is 0 Å². The predicted octanol–water partition coefficient (Wildman–Crippen LogP) is 3.01. The third kappa shape index (κ3) is 1.45. The molecule has 4 nitrogen and oxygen atoms in total. The minimum absolute atomic E-state index is 0.157. The Morgan fingerprint density at radius 2 is 1.76 bits per heavy atom. The number of aromatic amines is 1. The Hall–Kier alpha value is -2.59. The van der Waals surface area contributed by atoms with Crippen LogP contribution < -0.4 is 5.32 Å². The number of fused-ring (bicyclic) bond motifs is 2. The van der Waals surface area contributed by atoms with Gasteiger partial charge in [-0.05, 0) is 12.1 Å². The number of methoxy groups -OCH3 is 1. The average Bonchev–Trinajstić information content (AvgIpc) is 3.06. The van der Waals surface area contributed by atoms with Crippen molar-refractivity contribution in [2.45, 2.75) is 5.60 Å². The van der Waals surface area contributed by atoms with Crippen LogP contribution in [-0.2, 0) is 15.1 Å². The fourth-order valence-electron chi connectivity index (χ4n) is 3.17. The number of rotatable bonds is 2. The van der Waals surface area contributed by atoms with E-state index in [0.717, 1.165) is 27.7 Å². The molecule has 2 N–H and O–H groups in total. The summed E-state index contributed by atoms with van der Waals surface area (Å²) in [5.74, 6) is -0.157. The molecule has 1 aliphatic rings. The Morgan fingerprint density at radius 1 is 1.00 bits per heavy atom. The molecule has 2 aromatic carbocycles. The van der Waals surface area contributed by atoms with Crippen molar-refractivity contribution in [3.05, 3.63) is 65.9 Å². The van der Waals surface area contributed by atoms with Gasteiger partial charge in [-0.25, -0.2) is 0 Å². The average molecular weight is 278 g/mol. The van der Waals surface area contributed by atoms with Crippen LogP contribution in [0.15, 0.2) is 54.7 Å². The smallest absolute Gasteiger partial charge is 0.266 e.